The van der Waals surface area contributed by atoms with Crippen molar-refractivity contribution in [3.8, 4) is 10.6 Å². The molecule has 0 N–H and O–H groups in total. The van der Waals surface area contributed by atoms with Gasteiger partial charge in [0.2, 0.25) is 10.0 Å². The lowest BCUT2D eigenvalue weighted by atomic mass is 10.2. The van der Waals surface area contributed by atoms with Crippen LogP contribution in [0.2, 0.25) is 5.02 Å². The number of ether oxygens (including phenoxy) is 1. The van der Waals surface area contributed by atoms with E-state index in [2.05, 4.69) is 4.98 Å². The first-order valence-electron chi connectivity index (χ1n) is 8.28. The van der Waals surface area contributed by atoms with Crippen molar-refractivity contribution in [1.82, 2.24) is 9.29 Å². The molecular formula is C19H16ClFN2O4S2. The summed E-state index contributed by atoms with van der Waals surface area (Å²) >= 11 is 7.38. The van der Waals surface area contributed by atoms with Crippen molar-refractivity contribution >= 4 is 38.9 Å². The van der Waals surface area contributed by atoms with Crippen LogP contribution in [-0.4, -0.2) is 37.8 Å². The summed E-state index contributed by atoms with van der Waals surface area (Å²) in [5.41, 5.74) is 1.21. The average molecular weight is 455 g/mol. The van der Waals surface area contributed by atoms with Gasteiger partial charge in [-0.2, -0.15) is 0 Å². The summed E-state index contributed by atoms with van der Waals surface area (Å²) in [4.78, 5) is 16.7. The second-order valence-electron chi connectivity index (χ2n) is 6.16. The van der Waals surface area contributed by atoms with Gasteiger partial charge in [0, 0.05) is 25.0 Å². The van der Waals surface area contributed by atoms with Crippen molar-refractivity contribution in [2.75, 3.05) is 14.1 Å². The zero-order chi connectivity index (χ0) is 21.2. The van der Waals surface area contributed by atoms with E-state index in [1.807, 2.05) is 0 Å². The first-order valence-corrected chi connectivity index (χ1v) is 11.0. The van der Waals surface area contributed by atoms with Gasteiger partial charge in [-0.3, -0.25) is 0 Å². The molecule has 0 saturated carbocycles. The van der Waals surface area contributed by atoms with Crippen LogP contribution in [0.15, 0.2) is 52.7 Å². The van der Waals surface area contributed by atoms with E-state index in [1.165, 1.54) is 55.8 Å². The van der Waals surface area contributed by atoms with Crippen LogP contribution >= 0.6 is 22.9 Å². The Labute approximate surface area is 176 Å². The molecule has 29 heavy (non-hydrogen) atoms. The predicted molar refractivity (Wildman–Crippen MR) is 109 cm³/mol. The Balaban J connectivity index is 1.74. The Morgan fingerprint density at radius 2 is 1.90 bits per heavy atom. The summed E-state index contributed by atoms with van der Waals surface area (Å²) in [6.45, 7) is -0.114. The number of rotatable bonds is 6. The molecule has 3 rings (SSSR count). The third-order valence-corrected chi connectivity index (χ3v) is 7.01. The third kappa shape index (κ3) is 4.81. The highest BCUT2D eigenvalue weighted by Crippen LogP contribution is 2.26. The fourth-order valence-electron chi connectivity index (χ4n) is 2.35. The largest absolute Gasteiger partial charge is 0.456 e. The molecule has 1 heterocycles. The molecule has 10 heteroatoms. The molecule has 0 saturated heterocycles. The Morgan fingerprint density at radius 1 is 1.21 bits per heavy atom. The van der Waals surface area contributed by atoms with Gasteiger partial charge in [-0.15, -0.1) is 11.3 Å². The highest BCUT2D eigenvalue weighted by molar-refractivity contribution is 7.89. The van der Waals surface area contributed by atoms with Gasteiger partial charge in [-0.25, -0.2) is 26.9 Å². The van der Waals surface area contributed by atoms with Crippen LogP contribution in [0.3, 0.4) is 0 Å². The maximum Gasteiger partial charge on any atom is 0.340 e. The van der Waals surface area contributed by atoms with Crippen molar-refractivity contribution in [2.45, 2.75) is 11.5 Å². The zero-order valence-corrected chi connectivity index (χ0v) is 17.8. The average Bonchev–Trinajstić information content (AvgIpc) is 3.15. The molecule has 0 aliphatic heterocycles. The highest BCUT2D eigenvalue weighted by Gasteiger charge is 2.21. The van der Waals surface area contributed by atoms with E-state index in [-0.39, 0.29) is 27.9 Å². The Kier molecular flexibility index (Phi) is 6.33. The number of thiazole rings is 1. The lowest BCUT2D eigenvalue weighted by Gasteiger charge is -2.13. The standard InChI is InChI=1S/C19H16ClFN2O4S2/c1-23(2)29(25,26)15-7-8-17(20)16(9-15)19(24)27-10-14-11-28-18(22-14)12-3-5-13(21)6-4-12/h3-9,11H,10H2,1-2H3. The van der Waals surface area contributed by atoms with Crippen molar-refractivity contribution < 1.29 is 22.3 Å². The number of benzene rings is 2. The van der Waals surface area contributed by atoms with E-state index in [0.29, 0.717) is 10.7 Å². The first-order chi connectivity index (χ1) is 13.7. The number of nitrogens with zero attached hydrogens (tertiary/aromatic N) is 2. The van der Waals surface area contributed by atoms with Crippen molar-refractivity contribution in [2.24, 2.45) is 0 Å². The van der Waals surface area contributed by atoms with Crippen LogP contribution in [0, 0.1) is 5.82 Å². The fourth-order valence-corrected chi connectivity index (χ4v) is 4.28. The van der Waals surface area contributed by atoms with Gasteiger partial charge >= 0.3 is 5.97 Å². The van der Waals surface area contributed by atoms with Gasteiger partial charge in [-0.1, -0.05) is 11.6 Å². The third-order valence-electron chi connectivity index (χ3n) is 3.93. The van der Waals surface area contributed by atoms with E-state index < -0.39 is 16.0 Å². The molecule has 0 aliphatic carbocycles. The molecule has 0 atom stereocenters. The molecule has 152 valence electrons. The van der Waals surface area contributed by atoms with E-state index in [4.69, 9.17) is 16.3 Å². The monoisotopic (exact) mass is 454 g/mol. The van der Waals surface area contributed by atoms with E-state index in [9.17, 15) is 17.6 Å². The summed E-state index contributed by atoms with van der Waals surface area (Å²) in [6, 6.07) is 9.75. The second kappa shape index (κ2) is 8.58. The number of halogens is 2. The lowest BCUT2D eigenvalue weighted by Crippen LogP contribution is -2.22. The van der Waals surface area contributed by atoms with Crippen molar-refractivity contribution in [3.05, 3.63) is 69.9 Å². The second-order valence-corrected chi connectivity index (χ2v) is 9.57. The molecule has 1 aromatic heterocycles. The van der Waals surface area contributed by atoms with Gasteiger partial charge in [-0.05, 0) is 42.5 Å². The minimum absolute atomic E-state index is 0.0522. The van der Waals surface area contributed by atoms with Gasteiger partial charge in [0.15, 0.2) is 0 Å². The van der Waals surface area contributed by atoms with Crippen LogP contribution in [0.5, 0.6) is 0 Å². The van der Waals surface area contributed by atoms with Crippen LogP contribution in [-0.2, 0) is 21.4 Å². The molecule has 0 fully saturated rings. The molecular weight excluding hydrogens is 439 g/mol. The summed E-state index contributed by atoms with van der Waals surface area (Å²) < 4.78 is 43.8. The number of sulfonamides is 1. The predicted octanol–water partition coefficient (Wildman–Crippen LogP) is 4.21. The number of hydrogen-bond acceptors (Lipinski definition) is 6. The van der Waals surface area contributed by atoms with Gasteiger partial charge in [0.25, 0.3) is 0 Å². The van der Waals surface area contributed by atoms with E-state index in [0.717, 1.165) is 9.87 Å². The van der Waals surface area contributed by atoms with Crippen LogP contribution in [0.1, 0.15) is 16.1 Å². The fraction of sp³-hybridized carbons (Fsp3) is 0.158. The molecule has 0 bridgehead atoms. The van der Waals surface area contributed by atoms with Gasteiger partial charge in [0.1, 0.15) is 17.4 Å². The number of aromatic nitrogens is 1. The SMILES string of the molecule is CN(C)S(=O)(=O)c1ccc(Cl)c(C(=O)OCc2csc(-c3ccc(F)cc3)n2)c1. The Hall–Kier alpha value is -2.33. The number of carbonyl (C=O) groups is 1. The van der Waals surface area contributed by atoms with Crippen molar-refractivity contribution in [1.29, 1.82) is 0 Å². The molecule has 0 unspecified atom stereocenters. The van der Waals surface area contributed by atoms with Crippen LogP contribution in [0.25, 0.3) is 10.6 Å². The minimum Gasteiger partial charge on any atom is -0.456 e. The van der Waals surface area contributed by atoms with Crippen molar-refractivity contribution in [3.63, 3.8) is 0 Å². The number of esters is 1. The maximum absolute atomic E-state index is 13.0. The topological polar surface area (TPSA) is 76.6 Å². The Morgan fingerprint density at radius 3 is 2.55 bits per heavy atom. The molecule has 0 radical (unpaired) electrons. The summed E-state index contributed by atoms with van der Waals surface area (Å²) in [7, 11) is -0.934. The molecule has 6 nitrogen and oxygen atoms in total. The highest BCUT2D eigenvalue weighted by atomic mass is 35.5. The molecule has 3 aromatic rings. The number of hydrogen-bond donors (Lipinski definition) is 0. The first kappa shape index (κ1) is 21.4. The normalized spacial score (nSPS) is 11.6. The van der Waals surface area contributed by atoms with Crippen LogP contribution in [0.4, 0.5) is 4.39 Å². The van der Waals surface area contributed by atoms with E-state index >= 15 is 0 Å². The molecule has 0 aliphatic rings. The molecule has 0 spiro atoms. The lowest BCUT2D eigenvalue weighted by molar-refractivity contribution is 0.0468. The summed E-state index contributed by atoms with van der Waals surface area (Å²) in [6.07, 6.45) is 0. The number of carbonyl (C=O) groups excluding carboxylic acids is 1. The van der Waals surface area contributed by atoms with E-state index in [1.54, 1.807) is 17.5 Å². The van der Waals surface area contributed by atoms with Gasteiger partial charge < -0.3 is 4.74 Å². The Bertz CT molecular complexity index is 1150. The van der Waals surface area contributed by atoms with Crippen LogP contribution < -0.4 is 0 Å². The molecule has 2 aromatic carbocycles. The summed E-state index contributed by atoms with van der Waals surface area (Å²) in [5, 5.41) is 2.46. The quantitative estimate of drug-likeness (QED) is 0.521. The molecule has 0 amide bonds. The zero-order valence-electron chi connectivity index (χ0n) is 15.4. The summed E-state index contributed by atoms with van der Waals surface area (Å²) in [5.74, 6) is -1.10. The smallest absolute Gasteiger partial charge is 0.340 e. The van der Waals surface area contributed by atoms with Gasteiger partial charge in [0.05, 0.1) is 21.2 Å². The maximum atomic E-state index is 13.0. The minimum atomic E-state index is -3.72.